The van der Waals surface area contributed by atoms with Gasteiger partial charge in [0.15, 0.2) is 0 Å². The summed E-state index contributed by atoms with van der Waals surface area (Å²) in [7, 11) is 1.10. The summed E-state index contributed by atoms with van der Waals surface area (Å²) in [4.78, 5) is 38.3. The Labute approximate surface area is 212 Å². The molecule has 0 aliphatic carbocycles. The van der Waals surface area contributed by atoms with Crippen LogP contribution in [0, 0.1) is 5.92 Å². The molecule has 3 rings (SSSR count). The van der Waals surface area contributed by atoms with Crippen LogP contribution >= 0.6 is 0 Å². The first-order chi connectivity index (χ1) is 17.6. The summed E-state index contributed by atoms with van der Waals surface area (Å²) >= 11 is 0. The smallest absolute Gasteiger partial charge is 0.404 e. The fraction of sp³-hybridized carbons (Fsp3) is 0.370. The van der Waals surface area contributed by atoms with Crippen LogP contribution in [0.3, 0.4) is 0 Å². The minimum atomic E-state index is -4.87. The molecular weight excluding hydrogens is 491 g/mol. The maximum atomic E-state index is 14.4. The van der Waals surface area contributed by atoms with Gasteiger partial charge in [-0.1, -0.05) is 60.7 Å². The molecule has 198 valence electrons. The van der Waals surface area contributed by atoms with Gasteiger partial charge in [-0.2, -0.15) is 13.2 Å². The number of benzene rings is 2. The van der Waals surface area contributed by atoms with E-state index in [4.69, 9.17) is 9.47 Å². The van der Waals surface area contributed by atoms with Crippen molar-refractivity contribution in [3.63, 3.8) is 0 Å². The average Bonchev–Trinajstić information content (AvgIpc) is 3.25. The lowest BCUT2D eigenvalue weighted by atomic mass is 9.74. The van der Waals surface area contributed by atoms with Gasteiger partial charge in [-0.15, -0.1) is 0 Å². The SMILES string of the molecule is CCOC(=O)C1(C(=O)OCC)N[C@@H](C(F)(F)F)[C@H](c2ccc(-c3ccccc3)cc2)[C@H]1/C=C/C(=O)OC. The van der Waals surface area contributed by atoms with E-state index in [0.717, 1.165) is 30.4 Å². The molecule has 1 N–H and O–H groups in total. The molecule has 0 radical (unpaired) electrons. The molecule has 1 heterocycles. The van der Waals surface area contributed by atoms with Crippen molar-refractivity contribution in [2.75, 3.05) is 20.3 Å². The Morgan fingerprint density at radius 3 is 1.95 bits per heavy atom. The Morgan fingerprint density at radius 2 is 1.46 bits per heavy atom. The lowest BCUT2D eigenvalue weighted by Crippen LogP contribution is -2.62. The molecule has 0 amide bonds. The molecule has 1 saturated heterocycles. The second-order valence-electron chi connectivity index (χ2n) is 8.33. The van der Waals surface area contributed by atoms with Crippen LogP contribution in [0.25, 0.3) is 11.1 Å². The first-order valence-corrected chi connectivity index (χ1v) is 11.7. The summed E-state index contributed by atoms with van der Waals surface area (Å²) in [5, 5.41) is 2.22. The molecule has 7 nitrogen and oxygen atoms in total. The van der Waals surface area contributed by atoms with Crippen molar-refractivity contribution < 1.29 is 41.8 Å². The van der Waals surface area contributed by atoms with Crippen LogP contribution in [0.5, 0.6) is 0 Å². The first kappa shape index (κ1) is 27.9. The van der Waals surface area contributed by atoms with E-state index >= 15 is 0 Å². The van der Waals surface area contributed by atoms with E-state index in [1.807, 2.05) is 30.3 Å². The van der Waals surface area contributed by atoms with Crippen molar-refractivity contribution in [2.24, 2.45) is 5.92 Å². The number of rotatable bonds is 8. The number of hydrogen-bond donors (Lipinski definition) is 1. The standard InChI is InChI=1S/C27H28F3NO6/c1-4-36-24(33)26(25(34)37-5-2)20(15-16-21(32)35-3)22(23(31-26)27(28,29)30)19-13-11-18(12-14-19)17-9-7-6-8-10-17/h6-16,20,22-23,31H,4-5H2,1-3H3/b16-15+/t20-,22-,23-/m1/s1. The molecule has 2 aromatic rings. The molecule has 1 fully saturated rings. The van der Waals surface area contributed by atoms with Crippen LogP contribution in [0.2, 0.25) is 0 Å². The molecule has 0 aromatic heterocycles. The summed E-state index contributed by atoms with van der Waals surface area (Å²) < 4.78 is 58.0. The van der Waals surface area contributed by atoms with E-state index in [9.17, 15) is 27.6 Å². The van der Waals surface area contributed by atoms with Crippen LogP contribution < -0.4 is 5.32 Å². The highest BCUT2D eigenvalue weighted by atomic mass is 19.4. The average molecular weight is 520 g/mol. The number of carbonyl (C=O) groups is 3. The highest BCUT2D eigenvalue weighted by molar-refractivity contribution is 6.06. The maximum absolute atomic E-state index is 14.4. The van der Waals surface area contributed by atoms with E-state index in [-0.39, 0.29) is 18.8 Å². The minimum Gasteiger partial charge on any atom is -0.466 e. The molecule has 0 bridgehead atoms. The molecule has 0 unspecified atom stereocenters. The second kappa shape index (κ2) is 11.6. The summed E-state index contributed by atoms with van der Waals surface area (Å²) in [6.45, 7) is 2.54. The molecule has 10 heteroatoms. The molecule has 2 aromatic carbocycles. The lowest BCUT2D eigenvalue weighted by molar-refractivity contribution is -0.171. The second-order valence-corrected chi connectivity index (χ2v) is 8.33. The van der Waals surface area contributed by atoms with Crippen molar-refractivity contribution in [2.45, 2.75) is 37.5 Å². The van der Waals surface area contributed by atoms with E-state index in [0.29, 0.717) is 0 Å². The predicted molar refractivity (Wildman–Crippen MR) is 128 cm³/mol. The Morgan fingerprint density at radius 1 is 0.919 bits per heavy atom. The third-order valence-electron chi connectivity index (χ3n) is 6.22. The maximum Gasteiger partial charge on any atom is 0.404 e. The van der Waals surface area contributed by atoms with E-state index in [1.54, 1.807) is 12.1 Å². The summed E-state index contributed by atoms with van der Waals surface area (Å²) in [6.07, 6.45) is -2.90. The first-order valence-electron chi connectivity index (χ1n) is 11.7. The van der Waals surface area contributed by atoms with Crippen molar-refractivity contribution in [3.05, 3.63) is 72.3 Å². The Balaban J connectivity index is 2.22. The molecule has 0 saturated carbocycles. The number of halogens is 3. The fourth-order valence-electron chi connectivity index (χ4n) is 4.60. The molecule has 1 aliphatic rings. The highest BCUT2D eigenvalue weighted by Crippen LogP contribution is 2.49. The Hall–Kier alpha value is -3.66. The van der Waals surface area contributed by atoms with Crippen LogP contribution in [0.15, 0.2) is 66.7 Å². The third kappa shape index (κ3) is 5.69. The van der Waals surface area contributed by atoms with Gasteiger partial charge in [-0.3, -0.25) is 5.32 Å². The Kier molecular flexibility index (Phi) is 8.75. The van der Waals surface area contributed by atoms with Crippen molar-refractivity contribution >= 4 is 17.9 Å². The van der Waals surface area contributed by atoms with Crippen LogP contribution in [-0.2, 0) is 28.6 Å². The fourth-order valence-corrected chi connectivity index (χ4v) is 4.60. The van der Waals surface area contributed by atoms with Crippen LogP contribution in [0.1, 0.15) is 25.3 Å². The minimum absolute atomic E-state index is 0.192. The van der Waals surface area contributed by atoms with Gasteiger partial charge in [-0.05, 0) is 30.5 Å². The van der Waals surface area contributed by atoms with E-state index < -0.39 is 47.5 Å². The zero-order chi connectivity index (χ0) is 27.2. The quantitative estimate of drug-likeness (QED) is 0.242. The van der Waals surface area contributed by atoms with Crippen molar-refractivity contribution in [3.8, 4) is 11.1 Å². The lowest BCUT2D eigenvalue weighted by Gasteiger charge is -2.30. The Bertz CT molecular complexity index is 1110. The number of hydrogen-bond acceptors (Lipinski definition) is 7. The highest BCUT2D eigenvalue weighted by Gasteiger charge is 2.68. The predicted octanol–water partition coefficient (Wildman–Crippen LogP) is 4.18. The van der Waals surface area contributed by atoms with Gasteiger partial charge in [0.25, 0.3) is 0 Å². The van der Waals surface area contributed by atoms with Gasteiger partial charge >= 0.3 is 24.1 Å². The topological polar surface area (TPSA) is 90.9 Å². The van der Waals surface area contributed by atoms with Gasteiger partial charge in [-0.25, -0.2) is 14.4 Å². The number of carbonyl (C=O) groups excluding carboxylic acids is 3. The zero-order valence-electron chi connectivity index (χ0n) is 20.6. The number of esters is 3. The summed E-state index contributed by atoms with van der Waals surface area (Å²) in [6, 6.07) is 13.3. The van der Waals surface area contributed by atoms with Gasteiger partial charge in [0.1, 0.15) is 6.04 Å². The van der Waals surface area contributed by atoms with Crippen LogP contribution in [-0.4, -0.2) is 56.0 Å². The third-order valence-corrected chi connectivity index (χ3v) is 6.22. The van der Waals surface area contributed by atoms with Gasteiger partial charge < -0.3 is 14.2 Å². The number of ether oxygens (including phenoxy) is 3. The normalized spacial score (nSPS) is 21.0. The molecule has 1 aliphatic heterocycles. The number of alkyl halides is 3. The summed E-state index contributed by atoms with van der Waals surface area (Å²) in [5.74, 6) is -6.31. The van der Waals surface area contributed by atoms with Crippen molar-refractivity contribution in [1.29, 1.82) is 0 Å². The molecule has 37 heavy (non-hydrogen) atoms. The van der Waals surface area contributed by atoms with Gasteiger partial charge in [0, 0.05) is 17.9 Å². The molecular formula is C27H28F3NO6. The van der Waals surface area contributed by atoms with Gasteiger partial charge in [0.2, 0.25) is 5.54 Å². The zero-order valence-corrected chi connectivity index (χ0v) is 20.6. The van der Waals surface area contributed by atoms with Crippen molar-refractivity contribution in [1.82, 2.24) is 5.32 Å². The monoisotopic (exact) mass is 519 g/mol. The molecule has 3 atom stereocenters. The number of nitrogens with one attached hydrogen (secondary N) is 1. The molecule has 0 spiro atoms. The van der Waals surface area contributed by atoms with E-state index in [2.05, 4.69) is 10.1 Å². The number of methoxy groups -OCH3 is 1. The summed E-state index contributed by atoms with van der Waals surface area (Å²) in [5.41, 5.74) is -0.730. The van der Waals surface area contributed by atoms with E-state index in [1.165, 1.54) is 26.0 Å². The van der Waals surface area contributed by atoms with Gasteiger partial charge in [0.05, 0.1) is 20.3 Å². The largest absolute Gasteiger partial charge is 0.466 e. The van der Waals surface area contributed by atoms with Crippen LogP contribution in [0.4, 0.5) is 13.2 Å².